The van der Waals surface area contributed by atoms with Crippen LogP contribution >= 0.6 is 0 Å². The van der Waals surface area contributed by atoms with Gasteiger partial charge in [0.15, 0.2) is 0 Å². The molecule has 15 heavy (non-hydrogen) atoms. The van der Waals surface area contributed by atoms with Crippen LogP contribution in [0.15, 0.2) is 0 Å². The number of carbonyl (C=O) groups excluding carboxylic acids is 1. The molecule has 0 saturated carbocycles. The number of ether oxygens (including phenoxy) is 1. The molecule has 0 aromatic heterocycles. The molecule has 0 radical (unpaired) electrons. The quantitative estimate of drug-likeness (QED) is 0.711. The first kappa shape index (κ1) is 12.0. The first-order valence-corrected chi connectivity index (χ1v) is 5.17. The molecule has 2 atom stereocenters. The van der Waals surface area contributed by atoms with Gasteiger partial charge in [0.25, 0.3) is 0 Å². The molecule has 0 aliphatic carbocycles. The van der Waals surface area contributed by atoms with Crippen LogP contribution < -0.4 is 5.32 Å². The Labute approximate surface area is 88.8 Å². The third-order valence-electron chi connectivity index (χ3n) is 2.45. The fraction of sp³-hybridized carbons (Fsp3) is 0.800. The predicted octanol–water partition coefficient (Wildman–Crippen LogP) is 0.391. The molecule has 0 aromatic rings. The van der Waals surface area contributed by atoms with Gasteiger partial charge in [-0.25, -0.2) is 4.79 Å². The molecule has 0 bridgehead atoms. The van der Waals surface area contributed by atoms with Crippen LogP contribution in [0.1, 0.15) is 26.7 Å². The first-order valence-electron chi connectivity index (χ1n) is 5.17. The van der Waals surface area contributed by atoms with E-state index in [1.54, 1.807) is 13.8 Å². The van der Waals surface area contributed by atoms with E-state index in [9.17, 15) is 9.59 Å². The summed E-state index contributed by atoms with van der Waals surface area (Å²) in [5, 5.41) is 11.4. The number of carbonyl (C=O) groups is 2. The van der Waals surface area contributed by atoms with Crippen molar-refractivity contribution in [2.75, 3.05) is 6.61 Å². The van der Waals surface area contributed by atoms with E-state index in [1.165, 1.54) is 0 Å². The summed E-state index contributed by atoms with van der Waals surface area (Å²) >= 11 is 0. The van der Waals surface area contributed by atoms with Crippen molar-refractivity contribution in [3.05, 3.63) is 0 Å². The Hall–Kier alpha value is -1.10. The number of carboxylic acids is 1. The molecule has 1 heterocycles. The van der Waals surface area contributed by atoms with Gasteiger partial charge in [0.2, 0.25) is 5.91 Å². The summed E-state index contributed by atoms with van der Waals surface area (Å²) in [6, 6.07) is -0.832. The number of hydrogen-bond donors (Lipinski definition) is 2. The molecule has 1 fully saturated rings. The topological polar surface area (TPSA) is 75.6 Å². The van der Waals surface area contributed by atoms with Gasteiger partial charge in [-0.05, 0) is 18.8 Å². The van der Waals surface area contributed by atoms with Crippen LogP contribution in [-0.4, -0.2) is 35.7 Å². The molecular formula is C10H17NO4. The van der Waals surface area contributed by atoms with Crippen LogP contribution in [-0.2, 0) is 14.3 Å². The van der Waals surface area contributed by atoms with E-state index in [1.807, 2.05) is 0 Å². The highest BCUT2D eigenvalue weighted by molar-refractivity contribution is 5.86. The summed E-state index contributed by atoms with van der Waals surface area (Å²) in [4.78, 5) is 22.4. The van der Waals surface area contributed by atoms with Crippen molar-refractivity contribution in [2.45, 2.75) is 38.8 Å². The molecule has 1 aliphatic rings. The number of carboxylic acid groups (broad SMARTS) is 1. The lowest BCUT2D eigenvalue weighted by atomic mass is 10.0. The van der Waals surface area contributed by atoms with Crippen molar-refractivity contribution in [1.82, 2.24) is 5.32 Å². The fourth-order valence-corrected chi connectivity index (χ4v) is 1.54. The maximum absolute atomic E-state index is 11.6. The van der Waals surface area contributed by atoms with Gasteiger partial charge in [-0.1, -0.05) is 13.8 Å². The van der Waals surface area contributed by atoms with Crippen LogP contribution in [0.4, 0.5) is 0 Å². The van der Waals surface area contributed by atoms with Gasteiger partial charge < -0.3 is 15.2 Å². The zero-order chi connectivity index (χ0) is 11.4. The molecule has 1 rings (SSSR count). The molecule has 1 amide bonds. The molecule has 2 N–H and O–H groups in total. The molecule has 1 aliphatic heterocycles. The average molecular weight is 215 g/mol. The normalized spacial score (nSPS) is 22.7. The molecule has 5 nitrogen and oxygen atoms in total. The third-order valence-corrected chi connectivity index (χ3v) is 2.45. The maximum atomic E-state index is 11.6. The highest BCUT2D eigenvalue weighted by atomic mass is 16.5. The summed E-state index contributed by atoms with van der Waals surface area (Å²) < 4.78 is 5.17. The smallest absolute Gasteiger partial charge is 0.326 e. The third kappa shape index (κ3) is 3.20. The number of amides is 1. The van der Waals surface area contributed by atoms with Crippen LogP contribution in [0, 0.1) is 5.92 Å². The average Bonchev–Trinajstić information content (AvgIpc) is 2.65. The fourth-order valence-electron chi connectivity index (χ4n) is 1.54. The summed E-state index contributed by atoms with van der Waals surface area (Å²) in [5.41, 5.74) is 0. The summed E-state index contributed by atoms with van der Waals surface area (Å²) in [6.07, 6.45) is 1.07. The van der Waals surface area contributed by atoms with Crippen molar-refractivity contribution >= 4 is 11.9 Å². The van der Waals surface area contributed by atoms with Crippen molar-refractivity contribution in [3.8, 4) is 0 Å². The Morgan fingerprint density at radius 1 is 1.47 bits per heavy atom. The van der Waals surface area contributed by atoms with Crippen molar-refractivity contribution in [2.24, 2.45) is 5.92 Å². The minimum Gasteiger partial charge on any atom is -0.480 e. The SMILES string of the molecule is CC(C)[C@H](NC(=O)[C@@H]1CCCO1)C(=O)O. The zero-order valence-corrected chi connectivity index (χ0v) is 9.03. The maximum Gasteiger partial charge on any atom is 0.326 e. The van der Waals surface area contributed by atoms with Gasteiger partial charge in [0.05, 0.1) is 0 Å². The molecule has 0 unspecified atom stereocenters. The van der Waals surface area contributed by atoms with Gasteiger partial charge in [0.1, 0.15) is 12.1 Å². The van der Waals surface area contributed by atoms with Gasteiger partial charge in [-0.3, -0.25) is 4.79 Å². The number of hydrogen-bond acceptors (Lipinski definition) is 3. The lowest BCUT2D eigenvalue weighted by Gasteiger charge is -2.19. The lowest BCUT2D eigenvalue weighted by Crippen LogP contribution is -2.48. The van der Waals surface area contributed by atoms with E-state index < -0.39 is 18.1 Å². The van der Waals surface area contributed by atoms with Gasteiger partial charge in [-0.15, -0.1) is 0 Å². The lowest BCUT2D eigenvalue weighted by molar-refractivity contribution is -0.144. The molecular weight excluding hydrogens is 198 g/mol. The zero-order valence-electron chi connectivity index (χ0n) is 9.03. The van der Waals surface area contributed by atoms with Crippen molar-refractivity contribution in [3.63, 3.8) is 0 Å². The summed E-state index contributed by atoms with van der Waals surface area (Å²) in [6.45, 7) is 4.10. The van der Waals surface area contributed by atoms with E-state index in [0.29, 0.717) is 13.0 Å². The Balaban J connectivity index is 2.50. The van der Waals surface area contributed by atoms with Crippen molar-refractivity contribution < 1.29 is 19.4 Å². The second-order valence-corrected chi connectivity index (χ2v) is 4.07. The minimum absolute atomic E-state index is 0.132. The van der Waals surface area contributed by atoms with Crippen LogP contribution in [0.2, 0.25) is 0 Å². The Kier molecular flexibility index (Phi) is 4.08. The second-order valence-electron chi connectivity index (χ2n) is 4.07. The molecule has 1 saturated heterocycles. The summed E-state index contributed by atoms with van der Waals surface area (Å²) in [5.74, 6) is -1.45. The standard InChI is InChI=1S/C10H17NO4/c1-6(2)8(10(13)14)11-9(12)7-4-3-5-15-7/h6-8H,3-5H2,1-2H3,(H,11,12)(H,13,14)/t7-,8-/m0/s1. The molecule has 86 valence electrons. The molecule has 0 aromatic carbocycles. The first-order chi connectivity index (χ1) is 7.02. The Morgan fingerprint density at radius 2 is 2.13 bits per heavy atom. The van der Waals surface area contributed by atoms with Crippen LogP contribution in [0.25, 0.3) is 0 Å². The largest absolute Gasteiger partial charge is 0.480 e. The van der Waals surface area contributed by atoms with Gasteiger partial charge in [0, 0.05) is 6.61 Å². The van der Waals surface area contributed by atoms with Crippen LogP contribution in [0.5, 0.6) is 0 Å². The van der Waals surface area contributed by atoms with E-state index in [2.05, 4.69) is 5.32 Å². The summed E-state index contributed by atoms with van der Waals surface area (Å²) in [7, 11) is 0. The highest BCUT2D eigenvalue weighted by Gasteiger charge is 2.29. The second kappa shape index (κ2) is 5.11. The Morgan fingerprint density at radius 3 is 2.53 bits per heavy atom. The van der Waals surface area contributed by atoms with Gasteiger partial charge in [-0.2, -0.15) is 0 Å². The van der Waals surface area contributed by atoms with Crippen molar-refractivity contribution in [1.29, 1.82) is 0 Å². The number of aliphatic carboxylic acids is 1. The molecule has 5 heteroatoms. The van der Waals surface area contributed by atoms with E-state index in [-0.39, 0.29) is 11.8 Å². The van der Waals surface area contributed by atoms with Gasteiger partial charge >= 0.3 is 5.97 Å². The van der Waals surface area contributed by atoms with E-state index in [4.69, 9.17) is 9.84 Å². The molecule has 0 spiro atoms. The number of rotatable bonds is 4. The predicted molar refractivity (Wildman–Crippen MR) is 53.4 cm³/mol. The van der Waals surface area contributed by atoms with E-state index >= 15 is 0 Å². The Bertz CT molecular complexity index is 246. The number of nitrogens with one attached hydrogen (secondary N) is 1. The van der Waals surface area contributed by atoms with Crippen LogP contribution in [0.3, 0.4) is 0 Å². The minimum atomic E-state index is -1.00. The monoisotopic (exact) mass is 215 g/mol. The highest BCUT2D eigenvalue weighted by Crippen LogP contribution is 2.13. The van der Waals surface area contributed by atoms with E-state index in [0.717, 1.165) is 6.42 Å².